The molecule has 1 aliphatic carbocycles. The van der Waals surface area contributed by atoms with Crippen molar-refractivity contribution in [2.45, 2.75) is 65.5 Å². The molecule has 0 aromatic carbocycles. The van der Waals surface area contributed by atoms with Crippen LogP contribution in [0.5, 0.6) is 0 Å². The summed E-state index contributed by atoms with van der Waals surface area (Å²) in [7, 11) is 0. The Labute approximate surface area is 126 Å². The first kappa shape index (κ1) is 14.3. The number of piperidine rings is 1. The first-order chi connectivity index (χ1) is 9.35. The molecule has 3 rings (SSSR count). The molecule has 1 N–H and O–H groups in total. The molecule has 4 heteroatoms. The summed E-state index contributed by atoms with van der Waals surface area (Å²) in [6, 6.07) is 0.566. The van der Waals surface area contributed by atoms with Gasteiger partial charge < -0.3 is 10.0 Å². The normalized spacial score (nSPS) is 33.0. The van der Waals surface area contributed by atoms with Gasteiger partial charge in [-0.05, 0) is 43.9 Å². The summed E-state index contributed by atoms with van der Waals surface area (Å²) in [4.78, 5) is 8.44. The van der Waals surface area contributed by atoms with Gasteiger partial charge in [0.05, 0.1) is 16.7 Å². The zero-order valence-corrected chi connectivity index (χ0v) is 13.8. The minimum absolute atomic E-state index is 0.166. The van der Waals surface area contributed by atoms with Crippen LogP contribution in [0.15, 0.2) is 0 Å². The van der Waals surface area contributed by atoms with Gasteiger partial charge in [0.15, 0.2) is 5.13 Å². The van der Waals surface area contributed by atoms with Gasteiger partial charge in [-0.1, -0.05) is 32.1 Å². The SMILES string of the molecule is CC1CCN(c2nc3c(s2)C(O)CC(C)(C)C3)C(C)C1. The van der Waals surface area contributed by atoms with E-state index in [4.69, 9.17) is 4.98 Å². The van der Waals surface area contributed by atoms with Crippen LogP contribution in [0.25, 0.3) is 0 Å². The molecule has 1 aromatic rings. The number of aliphatic hydroxyl groups is 1. The molecule has 0 saturated carbocycles. The third-order valence-corrected chi connectivity index (χ3v) is 6.03. The minimum Gasteiger partial charge on any atom is -0.387 e. The molecule has 112 valence electrons. The predicted octanol–water partition coefficient (Wildman–Crippen LogP) is 3.77. The number of aromatic nitrogens is 1. The average Bonchev–Trinajstić information content (AvgIpc) is 2.70. The first-order valence-electron chi connectivity index (χ1n) is 7.80. The van der Waals surface area contributed by atoms with Crippen molar-refractivity contribution in [3.8, 4) is 0 Å². The van der Waals surface area contributed by atoms with Crippen molar-refractivity contribution in [1.29, 1.82) is 0 Å². The van der Waals surface area contributed by atoms with E-state index >= 15 is 0 Å². The fourth-order valence-electron chi connectivity index (χ4n) is 3.69. The number of aliphatic hydroxyl groups excluding tert-OH is 1. The van der Waals surface area contributed by atoms with Crippen molar-refractivity contribution in [3.05, 3.63) is 10.6 Å². The van der Waals surface area contributed by atoms with E-state index in [-0.39, 0.29) is 11.5 Å². The van der Waals surface area contributed by atoms with Crippen molar-refractivity contribution in [2.24, 2.45) is 11.3 Å². The van der Waals surface area contributed by atoms with Crippen LogP contribution in [0, 0.1) is 11.3 Å². The third kappa shape index (κ3) is 2.60. The average molecular weight is 294 g/mol. The summed E-state index contributed by atoms with van der Waals surface area (Å²) < 4.78 is 0. The van der Waals surface area contributed by atoms with Gasteiger partial charge in [0.2, 0.25) is 0 Å². The highest BCUT2D eigenvalue weighted by Gasteiger charge is 2.35. The summed E-state index contributed by atoms with van der Waals surface area (Å²) in [5.41, 5.74) is 1.30. The third-order valence-electron chi connectivity index (χ3n) is 4.79. The van der Waals surface area contributed by atoms with Gasteiger partial charge in [-0.3, -0.25) is 0 Å². The molecule has 0 radical (unpaired) electrons. The molecule has 3 unspecified atom stereocenters. The quantitative estimate of drug-likeness (QED) is 0.856. The highest BCUT2D eigenvalue weighted by molar-refractivity contribution is 7.15. The van der Waals surface area contributed by atoms with Crippen LogP contribution in [0.2, 0.25) is 0 Å². The number of fused-ring (bicyclic) bond motifs is 1. The zero-order valence-electron chi connectivity index (χ0n) is 13.0. The molecule has 0 bridgehead atoms. The number of rotatable bonds is 1. The second kappa shape index (κ2) is 4.99. The Hall–Kier alpha value is -0.610. The fraction of sp³-hybridized carbons (Fsp3) is 0.812. The molecule has 0 spiro atoms. The van der Waals surface area contributed by atoms with E-state index in [9.17, 15) is 5.11 Å². The topological polar surface area (TPSA) is 36.4 Å². The van der Waals surface area contributed by atoms with E-state index in [1.54, 1.807) is 11.3 Å². The molecule has 1 saturated heterocycles. The van der Waals surface area contributed by atoms with Gasteiger partial charge in [-0.15, -0.1) is 0 Å². The molecule has 1 aliphatic heterocycles. The Morgan fingerprint density at radius 2 is 2.10 bits per heavy atom. The van der Waals surface area contributed by atoms with E-state index in [1.165, 1.54) is 12.8 Å². The second-order valence-corrected chi connectivity index (χ2v) is 8.55. The molecular formula is C16H26N2OS. The van der Waals surface area contributed by atoms with Gasteiger partial charge in [-0.25, -0.2) is 4.98 Å². The van der Waals surface area contributed by atoms with Crippen LogP contribution >= 0.6 is 11.3 Å². The molecule has 20 heavy (non-hydrogen) atoms. The molecule has 3 atom stereocenters. The van der Waals surface area contributed by atoms with Crippen LogP contribution < -0.4 is 4.90 Å². The van der Waals surface area contributed by atoms with Crippen molar-refractivity contribution in [3.63, 3.8) is 0 Å². The maximum Gasteiger partial charge on any atom is 0.186 e. The monoisotopic (exact) mass is 294 g/mol. The summed E-state index contributed by atoms with van der Waals surface area (Å²) in [5, 5.41) is 11.5. The van der Waals surface area contributed by atoms with Crippen molar-refractivity contribution in [2.75, 3.05) is 11.4 Å². The molecule has 2 aliphatic rings. The van der Waals surface area contributed by atoms with Crippen LogP contribution in [0.3, 0.4) is 0 Å². The van der Waals surface area contributed by atoms with Gasteiger partial charge in [0, 0.05) is 12.6 Å². The van der Waals surface area contributed by atoms with Gasteiger partial charge >= 0.3 is 0 Å². The standard InChI is InChI=1S/C16H26N2OS/c1-10-5-6-18(11(2)7-10)15-17-12-8-16(3,4)9-13(19)14(12)20-15/h10-11,13,19H,5-9H2,1-4H3. The maximum absolute atomic E-state index is 10.4. The number of nitrogens with zero attached hydrogens (tertiary/aromatic N) is 2. The van der Waals surface area contributed by atoms with Crippen LogP contribution in [0.1, 0.15) is 63.6 Å². The Bertz CT molecular complexity index is 497. The number of hydrogen-bond donors (Lipinski definition) is 1. The van der Waals surface area contributed by atoms with Crippen molar-refractivity contribution in [1.82, 2.24) is 4.98 Å². The summed E-state index contributed by atoms with van der Waals surface area (Å²) in [5.74, 6) is 0.820. The fourth-order valence-corrected chi connectivity index (χ4v) is 4.89. The molecule has 1 fully saturated rings. The Morgan fingerprint density at radius 1 is 1.35 bits per heavy atom. The van der Waals surface area contributed by atoms with Crippen molar-refractivity contribution >= 4 is 16.5 Å². The van der Waals surface area contributed by atoms with Crippen LogP contribution in [0.4, 0.5) is 5.13 Å². The molecular weight excluding hydrogens is 268 g/mol. The highest BCUT2D eigenvalue weighted by atomic mass is 32.1. The van der Waals surface area contributed by atoms with Gasteiger partial charge in [0.1, 0.15) is 0 Å². The highest BCUT2D eigenvalue weighted by Crippen LogP contribution is 2.45. The Balaban J connectivity index is 1.87. The number of thiazole rings is 1. The summed E-state index contributed by atoms with van der Waals surface area (Å²) in [6.07, 6.45) is 4.03. The van der Waals surface area contributed by atoms with Crippen molar-refractivity contribution < 1.29 is 5.11 Å². The lowest BCUT2D eigenvalue weighted by Gasteiger charge is -2.36. The first-order valence-corrected chi connectivity index (χ1v) is 8.62. The molecule has 3 nitrogen and oxygen atoms in total. The Kier molecular flexibility index (Phi) is 3.57. The van der Waals surface area contributed by atoms with E-state index in [1.807, 2.05) is 0 Å². The van der Waals surface area contributed by atoms with Gasteiger partial charge in [-0.2, -0.15) is 0 Å². The molecule has 0 amide bonds. The lowest BCUT2D eigenvalue weighted by atomic mass is 9.77. The van der Waals surface area contributed by atoms with Gasteiger partial charge in [0.25, 0.3) is 0 Å². The summed E-state index contributed by atoms with van der Waals surface area (Å²) >= 11 is 1.72. The minimum atomic E-state index is -0.320. The Morgan fingerprint density at radius 3 is 2.80 bits per heavy atom. The number of anilines is 1. The number of hydrogen-bond acceptors (Lipinski definition) is 4. The zero-order chi connectivity index (χ0) is 14.5. The second-order valence-electron chi connectivity index (χ2n) is 7.54. The molecule has 1 aromatic heterocycles. The van der Waals surface area contributed by atoms with E-state index in [0.717, 1.165) is 41.0 Å². The van der Waals surface area contributed by atoms with E-state index in [2.05, 4.69) is 32.6 Å². The maximum atomic E-state index is 10.4. The van der Waals surface area contributed by atoms with E-state index < -0.39 is 0 Å². The van der Waals surface area contributed by atoms with Crippen LogP contribution in [-0.4, -0.2) is 22.7 Å². The lowest BCUT2D eigenvalue weighted by Crippen LogP contribution is -2.40. The summed E-state index contributed by atoms with van der Waals surface area (Å²) in [6.45, 7) is 10.2. The lowest BCUT2D eigenvalue weighted by molar-refractivity contribution is 0.102. The van der Waals surface area contributed by atoms with Crippen LogP contribution in [-0.2, 0) is 6.42 Å². The predicted molar refractivity (Wildman–Crippen MR) is 84.4 cm³/mol. The largest absolute Gasteiger partial charge is 0.387 e. The molecule has 2 heterocycles. The van der Waals surface area contributed by atoms with E-state index in [0.29, 0.717) is 6.04 Å². The smallest absolute Gasteiger partial charge is 0.186 e.